The molecule has 2 rings (SSSR count). The van der Waals surface area contributed by atoms with Gasteiger partial charge in [0.2, 0.25) is 0 Å². The number of nitrogens with one attached hydrogen (secondary N) is 1. The summed E-state index contributed by atoms with van der Waals surface area (Å²) in [7, 11) is 1.89. The van der Waals surface area contributed by atoms with Gasteiger partial charge < -0.3 is 15.1 Å². The molecule has 2 heterocycles. The monoisotopic (exact) mass is 197 g/mol. The van der Waals surface area contributed by atoms with Crippen LogP contribution in [0.3, 0.4) is 0 Å². The maximum absolute atomic E-state index is 11.7. The molecule has 1 N–H and O–H groups in total. The largest absolute Gasteiger partial charge is 0.328 e. The lowest BCUT2D eigenvalue weighted by atomic mass is 9.99. The van der Waals surface area contributed by atoms with E-state index in [1.807, 2.05) is 16.8 Å². The molecular formula is C10H19N3O. The molecule has 0 atom stereocenters. The maximum Gasteiger partial charge on any atom is 0.319 e. The van der Waals surface area contributed by atoms with Gasteiger partial charge in [0.05, 0.1) is 0 Å². The minimum atomic E-state index is 0.212. The third kappa shape index (κ3) is 2.00. The van der Waals surface area contributed by atoms with Gasteiger partial charge in [0.25, 0.3) is 0 Å². The molecule has 2 aliphatic rings. The van der Waals surface area contributed by atoms with Gasteiger partial charge in [0.1, 0.15) is 0 Å². The Bertz CT molecular complexity index is 215. The topological polar surface area (TPSA) is 35.6 Å². The van der Waals surface area contributed by atoms with E-state index >= 15 is 0 Å². The van der Waals surface area contributed by atoms with E-state index in [4.69, 9.17) is 0 Å². The number of nitrogens with zero attached hydrogens (tertiary/aromatic N) is 2. The molecule has 0 saturated carbocycles. The van der Waals surface area contributed by atoms with Crippen molar-refractivity contribution in [2.45, 2.75) is 12.8 Å². The van der Waals surface area contributed by atoms with E-state index in [1.54, 1.807) is 0 Å². The number of hydrogen-bond donors (Lipinski definition) is 1. The summed E-state index contributed by atoms with van der Waals surface area (Å²) in [6.07, 6.45) is 2.28. The van der Waals surface area contributed by atoms with Crippen LogP contribution < -0.4 is 5.32 Å². The highest BCUT2D eigenvalue weighted by atomic mass is 16.2. The molecule has 4 nitrogen and oxygen atoms in total. The summed E-state index contributed by atoms with van der Waals surface area (Å²) in [6, 6.07) is 0.212. The highest BCUT2D eigenvalue weighted by Crippen LogP contribution is 2.12. The number of rotatable bonds is 3. The lowest BCUT2D eigenvalue weighted by Crippen LogP contribution is -2.49. The first-order valence-corrected chi connectivity index (χ1v) is 5.48. The Hall–Kier alpha value is -0.770. The minimum Gasteiger partial charge on any atom is -0.328 e. The molecule has 0 bridgehead atoms. The fraction of sp³-hybridized carbons (Fsp3) is 0.900. The van der Waals surface area contributed by atoms with Crippen molar-refractivity contribution in [3.8, 4) is 0 Å². The summed E-state index contributed by atoms with van der Waals surface area (Å²) in [5.41, 5.74) is 0. The van der Waals surface area contributed by atoms with Gasteiger partial charge in [-0.05, 0) is 31.8 Å². The lowest BCUT2D eigenvalue weighted by molar-refractivity contribution is 0.135. The van der Waals surface area contributed by atoms with Crippen molar-refractivity contribution >= 4 is 6.03 Å². The van der Waals surface area contributed by atoms with Crippen LogP contribution in [0.2, 0.25) is 0 Å². The zero-order chi connectivity index (χ0) is 9.97. The van der Waals surface area contributed by atoms with E-state index in [0.717, 1.165) is 51.5 Å². The van der Waals surface area contributed by atoms with Crippen LogP contribution in [-0.4, -0.2) is 55.6 Å². The first-order chi connectivity index (χ1) is 6.77. The van der Waals surface area contributed by atoms with Crippen LogP contribution in [0.15, 0.2) is 0 Å². The zero-order valence-corrected chi connectivity index (χ0v) is 8.83. The second kappa shape index (κ2) is 4.17. The van der Waals surface area contributed by atoms with Gasteiger partial charge in [-0.1, -0.05) is 0 Å². The Morgan fingerprint density at radius 2 is 2.21 bits per heavy atom. The van der Waals surface area contributed by atoms with E-state index < -0.39 is 0 Å². The number of hydrogen-bond acceptors (Lipinski definition) is 2. The number of urea groups is 1. The first kappa shape index (κ1) is 9.77. The third-order valence-corrected chi connectivity index (χ3v) is 3.19. The van der Waals surface area contributed by atoms with Gasteiger partial charge in [0.15, 0.2) is 0 Å². The second-order valence-electron chi connectivity index (χ2n) is 4.36. The summed E-state index contributed by atoms with van der Waals surface area (Å²) in [6.45, 7) is 5.08. The highest BCUT2D eigenvalue weighted by Gasteiger charge is 2.24. The molecule has 2 fully saturated rings. The molecular weight excluding hydrogens is 178 g/mol. The van der Waals surface area contributed by atoms with Crippen LogP contribution in [0.25, 0.3) is 0 Å². The number of amides is 2. The Labute approximate surface area is 85.2 Å². The van der Waals surface area contributed by atoms with Crippen molar-refractivity contribution < 1.29 is 4.79 Å². The molecule has 0 aromatic rings. The molecule has 80 valence electrons. The van der Waals surface area contributed by atoms with Crippen LogP contribution in [0.1, 0.15) is 12.8 Å². The van der Waals surface area contributed by atoms with Crippen molar-refractivity contribution in [2.75, 3.05) is 39.8 Å². The van der Waals surface area contributed by atoms with Crippen LogP contribution >= 0.6 is 0 Å². The molecule has 0 aromatic carbocycles. The van der Waals surface area contributed by atoms with Crippen LogP contribution in [0.5, 0.6) is 0 Å². The molecule has 0 unspecified atom stereocenters. The summed E-state index contributed by atoms with van der Waals surface area (Å²) < 4.78 is 0. The van der Waals surface area contributed by atoms with Crippen LogP contribution in [-0.2, 0) is 0 Å². The van der Waals surface area contributed by atoms with E-state index in [9.17, 15) is 4.79 Å². The van der Waals surface area contributed by atoms with Crippen molar-refractivity contribution in [3.05, 3.63) is 0 Å². The number of carbonyl (C=O) groups is 1. The second-order valence-corrected chi connectivity index (χ2v) is 4.36. The van der Waals surface area contributed by atoms with Gasteiger partial charge in [-0.2, -0.15) is 0 Å². The quantitative estimate of drug-likeness (QED) is 0.709. The normalized spacial score (nSPS) is 23.9. The van der Waals surface area contributed by atoms with Crippen LogP contribution in [0.4, 0.5) is 4.79 Å². The van der Waals surface area contributed by atoms with Gasteiger partial charge in [0, 0.05) is 26.7 Å². The predicted octanol–water partition coefficient (Wildman–Crippen LogP) is 0.353. The molecule has 0 aliphatic carbocycles. The molecule has 2 aliphatic heterocycles. The summed E-state index contributed by atoms with van der Waals surface area (Å²) in [5, 5.41) is 3.26. The Morgan fingerprint density at radius 3 is 2.86 bits per heavy atom. The average Bonchev–Trinajstić information content (AvgIpc) is 2.09. The van der Waals surface area contributed by atoms with Crippen molar-refractivity contribution in [2.24, 2.45) is 5.92 Å². The maximum atomic E-state index is 11.7. The van der Waals surface area contributed by atoms with Crippen molar-refractivity contribution in [1.82, 2.24) is 15.1 Å². The summed E-state index contributed by atoms with van der Waals surface area (Å²) in [4.78, 5) is 15.5. The molecule has 0 aromatic heterocycles. The number of carbonyl (C=O) groups excluding carboxylic acids is 1. The van der Waals surface area contributed by atoms with Gasteiger partial charge in [-0.15, -0.1) is 0 Å². The fourth-order valence-corrected chi connectivity index (χ4v) is 2.03. The first-order valence-electron chi connectivity index (χ1n) is 5.48. The Morgan fingerprint density at radius 1 is 1.43 bits per heavy atom. The molecule has 4 heteroatoms. The summed E-state index contributed by atoms with van der Waals surface area (Å²) in [5.74, 6) is 0.801. The van der Waals surface area contributed by atoms with E-state index in [2.05, 4.69) is 5.32 Å². The predicted molar refractivity (Wildman–Crippen MR) is 55.2 cm³/mol. The Balaban J connectivity index is 1.75. The third-order valence-electron chi connectivity index (χ3n) is 3.19. The molecule has 2 amide bonds. The van der Waals surface area contributed by atoms with E-state index in [-0.39, 0.29) is 6.03 Å². The van der Waals surface area contributed by atoms with Crippen molar-refractivity contribution in [3.63, 3.8) is 0 Å². The van der Waals surface area contributed by atoms with Gasteiger partial charge in [-0.25, -0.2) is 4.79 Å². The van der Waals surface area contributed by atoms with E-state index in [1.165, 1.54) is 0 Å². The van der Waals surface area contributed by atoms with Gasteiger partial charge >= 0.3 is 6.03 Å². The minimum absolute atomic E-state index is 0.212. The summed E-state index contributed by atoms with van der Waals surface area (Å²) >= 11 is 0. The van der Waals surface area contributed by atoms with Crippen LogP contribution in [0, 0.1) is 5.92 Å². The Kier molecular flexibility index (Phi) is 2.91. The standard InChI is InChI=1S/C10H19N3O/c1-12-4-2-5-13(10(12)14)6-3-9-7-11-8-9/h9,11H,2-8H2,1H3. The smallest absolute Gasteiger partial charge is 0.319 e. The fourth-order valence-electron chi connectivity index (χ4n) is 2.03. The van der Waals surface area contributed by atoms with Gasteiger partial charge in [-0.3, -0.25) is 0 Å². The van der Waals surface area contributed by atoms with E-state index in [0.29, 0.717) is 0 Å². The lowest BCUT2D eigenvalue weighted by Gasteiger charge is -2.35. The highest BCUT2D eigenvalue weighted by molar-refractivity contribution is 5.74. The average molecular weight is 197 g/mol. The molecule has 14 heavy (non-hydrogen) atoms. The zero-order valence-electron chi connectivity index (χ0n) is 8.83. The van der Waals surface area contributed by atoms with Crippen molar-refractivity contribution in [1.29, 1.82) is 0 Å². The SMILES string of the molecule is CN1CCCN(CCC2CNC2)C1=O. The molecule has 2 saturated heterocycles. The molecule has 0 radical (unpaired) electrons. The molecule has 0 spiro atoms.